The number of anilines is 2. The lowest BCUT2D eigenvalue weighted by atomic mass is 10.3. The molecule has 2 aromatic carbocycles. The summed E-state index contributed by atoms with van der Waals surface area (Å²) in [5.74, 6) is -3.39. The predicted molar refractivity (Wildman–Crippen MR) is 75.7 cm³/mol. The Balaban J connectivity index is 2.51. The molecule has 0 radical (unpaired) electrons. The highest BCUT2D eigenvalue weighted by atomic mass is 79.9. The van der Waals surface area contributed by atoms with E-state index in [2.05, 4.69) is 15.9 Å². The van der Waals surface area contributed by atoms with Crippen molar-refractivity contribution in [3.63, 3.8) is 0 Å². The van der Waals surface area contributed by atoms with Crippen molar-refractivity contribution in [2.45, 2.75) is 4.90 Å². The quantitative estimate of drug-likeness (QED) is 0.802. The summed E-state index contributed by atoms with van der Waals surface area (Å²) in [7, 11) is -4.58. The summed E-state index contributed by atoms with van der Waals surface area (Å²) in [6.07, 6.45) is 0. The lowest BCUT2D eigenvalue weighted by Crippen LogP contribution is -2.17. The van der Waals surface area contributed by atoms with E-state index in [1.165, 1.54) is 6.07 Å². The molecule has 0 heterocycles. The molecule has 0 fully saturated rings. The minimum Gasteiger partial charge on any atom is -0.399 e. The molecule has 0 bridgehead atoms. The summed E-state index contributed by atoms with van der Waals surface area (Å²) in [5, 5.41) is 0. The van der Waals surface area contributed by atoms with Crippen molar-refractivity contribution in [2.75, 3.05) is 10.5 Å². The second-order valence-electron chi connectivity index (χ2n) is 4.04. The van der Waals surface area contributed by atoms with Gasteiger partial charge in [0.2, 0.25) is 0 Å². The molecule has 9 heteroatoms. The molecule has 0 saturated carbocycles. The first-order valence-electron chi connectivity index (χ1n) is 5.43. The molecule has 0 aliphatic rings. The molecule has 0 atom stereocenters. The molecule has 112 valence electrons. The molecular formula is C12H8BrF3N2O2S. The molecular weight excluding hydrogens is 373 g/mol. The highest BCUT2D eigenvalue weighted by Gasteiger charge is 2.25. The highest BCUT2D eigenvalue weighted by molar-refractivity contribution is 9.10. The number of benzene rings is 2. The number of sulfonamides is 1. The third-order valence-corrected chi connectivity index (χ3v) is 4.57. The van der Waals surface area contributed by atoms with E-state index in [-0.39, 0.29) is 15.8 Å². The Morgan fingerprint density at radius 3 is 2.19 bits per heavy atom. The normalized spacial score (nSPS) is 11.4. The van der Waals surface area contributed by atoms with Crippen LogP contribution in [0.2, 0.25) is 0 Å². The largest absolute Gasteiger partial charge is 0.399 e. The Morgan fingerprint density at radius 2 is 1.62 bits per heavy atom. The van der Waals surface area contributed by atoms with E-state index in [4.69, 9.17) is 5.73 Å². The molecule has 0 aliphatic heterocycles. The molecule has 0 unspecified atom stereocenters. The van der Waals surface area contributed by atoms with Crippen LogP contribution in [0, 0.1) is 17.5 Å². The van der Waals surface area contributed by atoms with E-state index in [0.717, 1.165) is 12.1 Å². The maximum Gasteiger partial charge on any atom is 0.267 e. The maximum atomic E-state index is 13.7. The summed E-state index contributed by atoms with van der Waals surface area (Å²) < 4.78 is 66.7. The summed E-state index contributed by atoms with van der Waals surface area (Å²) in [6.45, 7) is 0. The first-order chi connectivity index (χ1) is 9.70. The molecule has 0 saturated heterocycles. The molecule has 2 rings (SSSR count). The number of nitrogen functional groups attached to an aromatic ring is 1. The molecule has 2 aromatic rings. The van der Waals surface area contributed by atoms with Crippen molar-refractivity contribution >= 4 is 37.3 Å². The van der Waals surface area contributed by atoms with Crippen LogP contribution in [-0.2, 0) is 10.0 Å². The second kappa shape index (κ2) is 5.57. The molecule has 0 spiro atoms. The van der Waals surface area contributed by atoms with Crippen molar-refractivity contribution in [3.05, 3.63) is 52.3 Å². The fraction of sp³-hybridized carbons (Fsp3) is 0. The standard InChI is InChI=1S/C12H8BrF3N2O2S/c13-8-2-1-6(14)3-11(8)18-21(19,20)12-9(15)4-7(17)5-10(12)16/h1-5,18H,17H2. The van der Waals surface area contributed by atoms with Gasteiger partial charge in [-0.05, 0) is 46.3 Å². The van der Waals surface area contributed by atoms with Gasteiger partial charge in [0.05, 0.1) is 5.69 Å². The van der Waals surface area contributed by atoms with Crippen molar-refractivity contribution < 1.29 is 21.6 Å². The number of hydrogen-bond donors (Lipinski definition) is 2. The van der Waals surface area contributed by atoms with E-state index in [1.807, 2.05) is 4.72 Å². The predicted octanol–water partition coefficient (Wildman–Crippen LogP) is 3.25. The maximum absolute atomic E-state index is 13.7. The van der Waals surface area contributed by atoms with Gasteiger partial charge in [-0.1, -0.05) is 0 Å². The molecule has 0 aliphatic carbocycles. The number of nitrogens with one attached hydrogen (secondary N) is 1. The zero-order valence-electron chi connectivity index (χ0n) is 10.2. The SMILES string of the molecule is Nc1cc(F)c(S(=O)(=O)Nc2cc(F)ccc2Br)c(F)c1. The van der Waals surface area contributed by atoms with Crippen LogP contribution in [0.3, 0.4) is 0 Å². The van der Waals surface area contributed by atoms with E-state index in [9.17, 15) is 21.6 Å². The van der Waals surface area contributed by atoms with Gasteiger partial charge in [0, 0.05) is 10.2 Å². The number of nitrogens with two attached hydrogens (primary N) is 1. The monoisotopic (exact) mass is 380 g/mol. The Labute approximate surface area is 127 Å². The van der Waals surface area contributed by atoms with Crippen LogP contribution in [-0.4, -0.2) is 8.42 Å². The highest BCUT2D eigenvalue weighted by Crippen LogP contribution is 2.28. The van der Waals surface area contributed by atoms with E-state index >= 15 is 0 Å². The van der Waals surface area contributed by atoms with E-state index in [1.54, 1.807) is 0 Å². The summed E-state index contributed by atoms with van der Waals surface area (Å²) in [5.41, 5.74) is 4.77. The fourth-order valence-corrected chi connectivity index (χ4v) is 3.28. The number of rotatable bonds is 3. The lowest BCUT2D eigenvalue weighted by Gasteiger charge is -2.11. The van der Waals surface area contributed by atoms with Crippen LogP contribution in [0.15, 0.2) is 39.7 Å². The van der Waals surface area contributed by atoms with Crippen molar-refractivity contribution in [2.24, 2.45) is 0 Å². The summed E-state index contributed by atoms with van der Waals surface area (Å²) in [4.78, 5) is -1.19. The van der Waals surface area contributed by atoms with Gasteiger partial charge in [0.1, 0.15) is 17.5 Å². The first-order valence-corrected chi connectivity index (χ1v) is 7.71. The van der Waals surface area contributed by atoms with E-state index < -0.39 is 32.4 Å². The van der Waals surface area contributed by atoms with Crippen molar-refractivity contribution in [3.8, 4) is 0 Å². The van der Waals surface area contributed by atoms with Gasteiger partial charge < -0.3 is 5.73 Å². The zero-order chi connectivity index (χ0) is 15.8. The molecule has 3 N–H and O–H groups in total. The van der Waals surface area contributed by atoms with Gasteiger partial charge in [0.15, 0.2) is 4.90 Å². The third-order valence-electron chi connectivity index (χ3n) is 2.46. The minimum atomic E-state index is -4.58. The molecule has 0 amide bonds. The average Bonchev–Trinajstić information content (AvgIpc) is 2.31. The van der Waals surface area contributed by atoms with Gasteiger partial charge in [-0.15, -0.1) is 0 Å². The van der Waals surface area contributed by atoms with Crippen LogP contribution >= 0.6 is 15.9 Å². The van der Waals surface area contributed by atoms with Gasteiger partial charge >= 0.3 is 0 Å². The summed E-state index contributed by atoms with van der Waals surface area (Å²) >= 11 is 3.00. The topological polar surface area (TPSA) is 72.2 Å². The number of halogens is 4. The third kappa shape index (κ3) is 3.30. The second-order valence-corrected chi connectivity index (χ2v) is 6.52. The smallest absolute Gasteiger partial charge is 0.267 e. The van der Waals surface area contributed by atoms with Gasteiger partial charge in [-0.25, -0.2) is 21.6 Å². The minimum absolute atomic E-state index is 0.189. The van der Waals surface area contributed by atoms with Crippen molar-refractivity contribution in [1.82, 2.24) is 0 Å². The molecule has 4 nitrogen and oxygen atoms in total. The molecule has 0 aromatic heterocycles. The van der Waals surface area contributed by atoms with Crippen LogP contribution in [0.1, 0.15) is 0 Å². The van der Waals surface area contributed by atoms with Crippen LogP contribution in [0.25, 0.3) is 0 Å². The number of hydrogen-bond acceptors (Lipinski definition) is 3. The Hall–Kier alpha value is -1.74. The van der Waals surface area contributed by atoms with Crippen LogP contribution < -0.4 is 10.5 Å². The van der Waals surface area contributed by atoms with Crippen molar-refractivity contribution in [1.29, 1.82) is 0 Å². The van der Waals surface area contributed by atoms with Gasteiger partial charge in [-0.2, -0.15) is 0 Å². The van der Waals surface area contributed by atoms with Gasteiger partial charge in [-0.3, -0.25) is 4.72 Å². The van der Waals surface area contributed by atoms with Crippen LogP contribution in [0.4, 0.5) is 24.5 Å². The first kappa shape index (κ1) is 15.6. The zero-order valence-corrected chi connectivity index (χ0v) is 12.6. The lowest BCUT2D eigenvalue weighted by molar-refractivity contribution is 0.522. The van der Waals surface area contributed by atoms with Gasteiger partial charge in [0.25, 0.3) is 10.0 Å². The summed E-state index contributed by atoms with van der Waals surface area (Å²) in [6, 6.07) is 4.57. The average molecular weight is 381 g/mol. The Morgan fingerprint density at radius 1 is 1.05 bits per heavy atom. The van der Waals surface area contributed by atoms with E-state index in [0.29, 0.717) is 12.1 Å². The fourth-order valence-electron chi connectivity index (χ4n) is 1.61. The molecule has 21 heavy (non-hydrogen) atoms. The van der Waals surface area contributed by atoms with Crippen LogP contribution in [0.5, 0.6) is 0 Å². The Kier molecular flexibility index (Phi) is 4.15. The Bertz CT molecular complexity index is 789.